The number of benzene rings is 3. The molecule has 0 spiro atoms. The van der Waals surface area contributed by atoms with E-state index in [0.29, 0.717) is 40.5 Å². The molecule has 0 radical (unpaired) electrons. The maximum atomic E-state index is 13.2. The highest BCUT2D eigenvalue weighted by Crippen LogP contribution is 2.24. The van der Waals surface area contributed by atoms with Gasteiger partial charge >= 0.3 is 5.97 Å². The van der Waals surface area contributed by atoms with E-state index in [-0.39, 0.29) is 17.9 Å². The van der Waals surface area contributed by atoms with Crippen LogP contribution in [0.25, 0.3) is 21.8 Å². The fraction of sp³-hybridized carbons (Fsp3) is 0.222. The zero-order chi connectivity index (χ0) is 22.8. The number of carbonyl (C=O) groups excluding carboxylic acids is 2. The molecule has 0 saturated carbocycles. The van der Waals surface area contributed by atoms with E-state index in [0.717, 1.165) is 12.8 Å². The number of esters is 1. The molecule has 166 valence electrons. The first-order chi connectivity index (χ1) is 16.1. The van der Waals surface area contributed by atoms with Gasteiger partial charge in [-0.05, 0) is 37.1 Å². The van der Waals surface area contributed by atoms with Crippen molar-refractivity contribution in [1.82, 2.24) is 9.47 Å². The lowest BCUT2D eigenvalue weighted by molar-refractivity contribution is -0.160. The molecule has 6 nitrogen and oxygen atoms in total. The molecule has 1 atom stereocenters. The Bertz CT molecular complexity index is 1330. The number of ether oxygens (including phenoxy) is 1. The van der Waals surface area contributed by atoms with Crippen molar-refractivity contribution in [2.75, 3.05) is 13.1 Å². The molecule has 1 aliphatic rings. The van der Waals surface area contributed by atoms with E-state index >= 15 is 0 Å². The molecule has 1 aliphatic heterocycles. The topological polar surface area (TPSA) is 68.6 Å². The summed E-state index contributed by atoms with van der Waals surface area (Å²) in [5.74, 6) is -0.725. The molecule has 4 aromatic rings. The molecule has 6 heteroatoms. The normalized spacial score (nSPS) is 14.5. The summed E-state index contributed by atoms with van der Waals surface area (Å²) >= 11 is 0. The van der Waals surface area contributed by atoms with Gasteiger partial charge in [0.1, 0.15) is 6.54 Å². The Labute approximate surface area is 191 Å². The summed E-state index contributed by atoms with van der Waals surface area (Å²) in [6.07, 6.45) is 0.918. The van der Waals surface area contributed by atoms with Gasteiger partial charge in [0.25, 0.3) is 5.91 Å². The second-order valence-corrected chi connectivity index (χ2v) is 8.26. The molecule has 1 aromatic heterocycles. The highest BCUT2D eigenvalue weighted by Gasteiger charge is 2.31. The molecule has 3 aromatic carbocycles. The second-order valence-electron chi connectivity index (χ2n) is 8.26. The second kappa shape index (κ2) is 8.90. The maximum absolute atomic E-state index is 13.2. The van der Waals surface area contributed by atoms with E-state index in [4.69, 9.17) is 4.74 Å². The zero-order valence-electron chi connectivity index (χ0n) is 18.1. The number of aromatic nitrogens is 1. The Morgan fingerprint density at radius 2 is 1.33 bits per heavy atom. The van der Waals surface area contributed by atoms with Crippen LogP contribution in [0.1, 0.15) is 24.5 Å². The first kappa shape index (κ1) is 20.9. The van der Waals surface area contributed by atoms with Crippen LogP contribution in [0.4, 0.5) is 0 Å². The van der Waals surface area contributed by atoms with Gasteiger partial charge in [0.15, 0.2) is 5.43 Å². The predicted molar refractivity (Wildman–Crippen MR) is 127 cm³/mol. The van der Waals surface area contributed by atoms with Crippen LogP contribution >= 0.6 is 0 Å². The van der Waals surface area contributed by atoms with Crippen molar-refractivity contribution in [2.24, 2.45) is 0 Å². The van der Waals surface area contributed by atoms with E-state index in [1.54, 1.807) is 45.9 Å². The van der Waals surface area contributed by atoms with Crippen LogP contribution in [0.15, 0.2) is 83.7 Å². The van der Waals surface area contributed by atoms with Crippen LogP contribution in [0, 0.1) is 0 Å². The number of nitrogens with zero attached hydrogens (tertiary/aromatic N) is 2. The molecule has 0 N–H and O–H groups in total. The molecular formula is C27H24N2O4. The van der Waals surface area contributed by atoms with Gasteiger partial charge in [-0.2, -0.15) is 0 Å². The number of likely N-dealkylation sites (tertiary alicyclic amines) is 1. The number of pyridine rings is 1. The van der Waals surface area contributed by atoms with Crippen molar-refractivity contribution in [1.29, 1.82) is 0 Å². The van der Waals surface area contributed by atoms with Crippen molar-refractivity contribution >= 4 is 33.7 Å². The number of hydrogen-bond donors (Lipinski definition) is 0. The van der Waals surface area contributed by atoms with Crippen LogP contribution in [0.2, 0.25) is 0 Å². The van der Waals surface area contributed by atoms with Crippen LogP contribution in [0.3, 0.4) is 0 Å². The highest BCUT2D eigenvalue weighted by atomic mass is 16.5. The van der Waals surface area contributed by atoms with Gasteiger partial charge < -0.3 is 14.2 Å². The third-order valence-corrected chi connectivity index (χ3v) is 6.16. The van der Waals surface area contributed by atoms with Crippen molar-refractivity contribution in [3.63, 3.8) is 0 Å². The SMILES string of the molecule is O=C(Cn1c2ccccc2c(=O)c2ccccc21)O[C@H](C(=O)N1CCCC1)c1ccccc1. The average molecular weight is 440 g/mol. The first-order valence-electron chi connectivity index (χ1n) is 11.2. The third-order valence-electron chi connectivity index (χ3n) is 6.16. The summed E-state index contributed by atoms with van der Waals surface area (Å²) in [7, 11) is 0. The minimum absolute atomic E-state index is 0.0720. The molecule has 0 aliphatic carbocycles. The van der Waals surface area contributed by atoms with Crippen LogP contribution in [0.5, 0.6) is 0 Å². The smallest absolute Gasteiger partial charge is 0.327 e. The number of fused-ring (bicyclic) bond motifs is 2. The van der Waals surface area contributed by atoms with Gasteiger partial charge in [-0.3, -0.25) is 14.4 Å². The van der Waals surface area contributed by atoms with Gasteiger partial charge in [-0.1, -0.05) is 54.6 Å². The summed E-state index contributed by atoms with van der Waals surface area (Å²) in [4.78, 5) is 41.1. The maximum Gasteiger partial charge on any atom is 0.327 e. The lowest BCUT2D eigenvalue weighted by Crippen LogP contribution is -2.35. The van der Waals surface area contributed by atoms with Gasteiger partial charge in [0, 0.05) is 29.4 Å². The lowest BCUT2D eigenvalue weighted by Gasteiger charge is -2.24. The minimum atomic E-state index is -0.992. The summed E-state index contributed by atoms with van der Waals surface area (Å²) in [6.45, 7) is 1.24. The van der Waals surface area contributed by atoms with Crippen LogP contribution in [-0.2, 0) is 20.9 Å². The number of hydrogen-bond acceptors (Lipinski definition) is 4. The summed E-state index contributed by atoms with van der Waals surface area (Å²) < 4.78 is 7.60. The number of rotatable bonds is 5. The Kier molecular flexibility index (Phi) is 5.65. The Hall–Kier alpha value is -3.93. The van der Waals surface area contributed by atoms with Crippen molar-refractivity contribution in [3.05, 3.63) is 94.6 Å². The summed E-state index contributed by atoms with van der Waals surface area (Å²) in [6, 6.07) is 23.6. The molecular weight excluding hydrogens is 416 g/mol. The van der Waals surface area contributed by atoms with Crippen molar-refractivity contribution in [3.8, 4) is 0 Å². The largest absolute Gasteiger partial charge is 0.446 e. The Morgan fingerprint density at radius 3 is 1.94 bits per heavy atom. The standard InChI is InChI=1S/C27H24N2O4/c30-24(33-26(19-10-2-1-3-11-19)27(32)28-16-8-9-17-28)18-29-22-14-6-4-12-20(22)25(31)21-13-5-7-15-23(21)29/h1-7,10-15,26H,8-9,16-18H2/t26-/m0/s1. The molecule has 0 unspecified atom stereocenters. The molecule has 2 heterocycles. The molecule has 33 heavy (non-hydrogen) atoms. The fourth-order valence-electron chi connectivity index (χ4n) is 4.54. The van der Waals surface area contributed by atoms with Crippen molar-refractivity contribution < 1.29 is 14.3 Å². The molecule has 1 fully saturated rings. The third kappa shape index (κ3) is 4.00. The van der Waals surface area contributed by atoms with Gasteiger partial charge in [-0.25, -0.2) is 0 Å². The number of para-hydroxylation sites is 2. The monoisotopic (exact) mass is 440 g/mol. The van der Waals surface area contributed by atoms with E-state index in [1.807, 2.05) is 42.5 Å². The Balaban J connectivity index is 1.51. The van der Waals surface area contributed by atoms with Crippen LogP contribution < -0.4 is 5.43 Å². The van der Waals surface area contributed by atoms with E-state index in [9.17, 15) is 14.4 Å². The lowest BCUT2D eigenvalue weighted by atomic mass is 10.1. The van der Waals surface area contributed by atoms with Gasteiger partial charge in [0.2, 0.25) is 6.10 Å². The molecule has 1 saturated heterocycles. The molecule has 5 rings (SSSR count). The zero-order valence-corrected chi connectivity index (χ0v) is 18.1. The van der Waals surface area contributed by atoms with Crippen molar-refractivity contribution in [2.45, 2.75) is 25.5 Å². The minimum Gasteiger partial charge on any atom is -0.446 e. The quantitative estimate of drug-likeness (QED) is 0.347. The van der Waals surface area contributed by atoms with Gasteiger partial charge in [-0.15, -0.1) is 0 Å². The molecule has 1 amide bonds. The van der Waals surface area contributed by atoms with Crippen LogP contribution in [-0.4, -0.2) is 34.4 Å². The number of amides is 1. The average Bonchev–Trinajstić information content (AvgIpc) is 3.40. The summed E-state index contributed by atoms with van der Waals surface area (Å²) in [5.41, 5.74) is 1.88. The van der Waals surface area contributed by atoms with E-state index in [2.05, 4.69) is 0 Å². The van der Waals surface area contributed by atoms with E-state index < -0.39 is 12.1 Å². The molecule has 0 bridgehead atoms. The predicted octanol–water partition coefficient (Wildman–Crippen LogP) is 4.06. The highest BCUT2D eigenvalue weighted by molar-refractivity contribution is 5.94. The van der Waals surface area contributed by atoms with E-state index in [1.165, 1.54) is 0 Å². The Morgan fingerprint density at radius 1 is 0.788 bits per heavy atom. The first-order valence-corrected chi connectivity index (χ1v) is 11.2. The number of carbonyl (C=O) groups is 2. The van der Waals surface area contributed by atoms with Gasteiger partial charge in [0.05, 0.1) is 11.0 Å². The summed E-state index contributed by atoms with van der Waals surface area (Å²) in [5, 5.41) is 1.08. The fourth-order valence-corrected chi connectivity index (χ4v) is 4.54.